The molecule has 1 unspecified atom stereocenters. The molecule has 0 radical (unpaired) electrons. The third kappa shape index (κ3) is 4.27. The van der Waals surface area contributed by atoms with Crippen LogP contribution in [0.25, 0.3) is 0 Å². The first kappa shape index (κ1) is 18.7. The lowest BCUT2D eigenvalue weighted by atomic mass is 10.2. The maximum Gasteiger partial charge on any atom is 0.243 e. The van der Waals surface area contributed by atoms with E-state index in [0.717, 1.165) is 16.1 Å². The number of hydrogen-bond donors (Lipinski definition) is 0. The summed E-state index contributed by atoms with van der Waals surface area (Å²) < 4.78 is 48.5. The lowest BCUT2D eigenvalue weighted by Crippen LogP contribution is -2.45. The van der Waals surface area contributed by atoms with Crippen molar-refractivity contribution in [1.29, 1.82) is 0 Å². The van der Waals surface area contributed by atoms with Gasteiger partial charge in [-0.15, -0.1) is 0 Å². The third-order valence-electron chi connectivity index (χ3n) is 4.21. The Bertz CT molecular complexity index is 833. The van der Waals surface area contributed by atoms with Gasteiger partial charge in [-0.05, 0) is 25.0 Å². The van der Waals surface area contributed by atoms with Crippen molar-refractivity contribution in [2.45, 2.75) is 19.4 Å². The molecule has 1 fully saturated rings. The Kier molecular flexibility index (Phi) is 5.24. The number of benzene rings is 1. The number of carbonyl (C=O) groups is 1. The molecule has 1 aliphatic heterocycles. The van der Waals surface area contributed by atoms with E-state index >= 15 is 0 Å². The van der Waals surface area contributed by atoms with Gasteiger partial charge in [0.2, 0.25) is 15.9 Å². The average Bonchev–Trinajstić information content (AvgIpc) is 2.83. The fourth-order valence-electron chi connectivity index (χ4n) is 2.74. The zero-order valence-corrected chi connectivity index (χ0v) is 15.6. The molecule has 1 aliphatic rings. The zero-order valence-electron chi connectivity index (χ0n) is 14.0. The molecule has 9 heteroatoms. The molecule has 24 heavy (non-hydrogen) atoms. The van der Waals surface area contributed by atoms with E-state index in [0.29, 0.717) is 12.1 Å². The van der Waals surface area contributed by atoms with Gasteiger partial charge in [0, 0.05) is 13.1 Å². The first-order valence-electron chi connectivity index (χ1n) is 7.51. The quantitative estimate of drug-likeness (QED) is 0.744. The molecule has 134 valence electrons. The number of nitrogens with zero attached hydrogens (tertiary/aromatic N) is 2. The molecule has 1 amide bonds. The molecule has 2 rings (SSSR count). The number of amides is 1. The van der Waals surface area contributed by atoms with Crippen molar-refractivity contribution in [1.82, 2.24) is 4.90 Å². The van der Waals surface area contributed by atoms with E-state index in [9.17, 15) is 21.6 Å². The van der Waals surface area contributed by atoms with Gasteiger partial charge in [0.15, 0.2) is 9.84 Å². The third-order valence-corrected chi connectivity index (χ3v) is 7.09. The van der Waals surface area contributed by atoms with Gasteiger partial charge in [-0.3, -0.25) is 9.10 Å². The molecule has 1 aromatic rings. The zero-order chi connectivity index (χ0) is 18.1. The Morgan fingerprint density at radius 3 is 2.42 bits per heavy atom. The average molecular weight is 374 g/mol. The number of aryl methyl sites for hydroxylation is 1. The first-order chi connectivity index (χ1) is 11.0. The van der Waals surface area contributed by atoms with Crippen LogP contribution in [0.5, 0.6) is 0 Å². The second kappa shape index (κ2) is 6.72. The largest absolute Gasteiger partial charge is 0.340 e. The summed E-state index contributed by atoms with van der Waals surface area (Å²) in [4.78, 5) is 13.9. The normalized spacial score (nSPS) is 19.9. The molecule has 1 atom stereocenters. The summed E-state index contributed by atoms with van der Waals surface area (Å²) in [7, 11) is -5.24. The molecule has 1 aromatic carbocycles. The molecular formula is C15H22N2O5S2. The van der Waals surface area contributed by atoms with Crippen LogP contribution < -0.4 is 4.31 Å². The van der Waals surface area contributed by atoms with E-state index in [1.807, 2.05) is 0 Å². The van der Waals surface area contributed by atoms with Gasteiger partial charge in [0.25, 0.3) is 0 Å². The summed E-state index contributed by atoms with van der Waals surface area (Å²) in [6.07, 6.45) is 1.43. The number of sulfonamides is 1. The van der Waals surface area contributed by atoms with Crippen molar-refractivity contribution in [3.8, 4) is 0 Å². The molecule has 0 bridgehead atoms. The molecular weight excluding hydrogens is 352 g/mol. The van der Waals surface area contributed by atoms with Gasteiger partial charge < -0.3 is 4.90 Å². The van der Waals surface area contributed by atoms with E-state index in [2.05, 4.69) is 0 Å². The predicted molar refractivity (Wildman–Crippen MR) is 93.2 cm³/mol. The fourth-order valence-corrected chi connectivity index (χ4v) is 5.42. The maximum absolute atomic E-state index is 12.5. The van der Waals surface area contributed by atoms with Crippen molar-refractivity contribution in [2.75, 3.05) is 35.7 Å². The molecule has 0 saturated carbocycles. The Hall–Kier alpha value is -1.61. The van der Waals surface area contributed by atoms with Crippen LogP contribution in [0, 0.1) is 6.92 Å². The number of hydrogen-bond acceptors (Lipinski definition) is 5. The van der Waals surface area contributed by atoms with Crippen LogP contribution in [0.2, 0.25) is 0 Å². The van der Waals surface area contributed by atoms with Gasteiger partial charge in [0.05, 0.1) is 23.4 Å². The Labute approximate surface area is 143 Å². The minimum atomic E-state index is -3.65. The summed E-state index contributed by atoms with van der Waals surface area (Å²) in [6, 6.07) is 6.50. The molecule has 0 aromatic heterocycles. The highest BCUT2D eigenvalue weighted by Crippen LogP contribution is 2.23. The van der Waals surface area contributed by atoms with Gasteiger partial charge >= 0.3 is 0 Å². The van der Waals surface area contributed by atoms with Crippen LogP contribution in [0.4, 0.5) is 5.69 Å². The van der Waals surface area contributed by atoms with Crippen LogP contribution in [0.3, 0.4) is 0 Å². The minimum absolute atomic E-state index is 0.0584. The van der Waals surface area contributed by atoms with Crippen molar-refractivity contribution in [2.24, 2.45) is 0 Å². The maximum atomic E-state index is 12.5. The summed E-state index contributed by atoms with van der Waals surface area (Å²) in [5.74, 6) is -0.438. The van der Waals surface area contributed by atoms with E-state index in [4.69, 9.17) is 0 Å². The Morgan fingerprint density at radius 1 is 1.29 bits per heavy atom. The highest BCUT2D eigenvalue weighted by atomic mass is 32.2. The van der Waals surface area contributed by atoms with E-state index in [1.54, 1.807) is 31.2 Å². The minimum Gasteiger partial charge on any atom is -0.340 e. The van der Waals surface area contributed by atoms with E-state index in [-0.39, 0.29) is 18.1 Å². The number of para-hydroxylation sites is 1. The summed E-state index contributed by atoms with van der Waals surface area (Å²) in [6.45, 7) is 1.42. The van der Waals surface area contributed by atoms with Crippen LogP contribution in [0.15, 0.2) is 24.3 Å². The second-order valence-corrected chi connectivity index (χ2v) is 10.3. The molecule has 0 N–H and O–H groups in total. The smallest absolute Gasteiger partial charge is 0.243 e. The van der Waals surface area contributed by atoms with Crippen LogP contribution >= 0.6 is 0 Å². The van der Waals surface area contributed by atoms with E-state index in [1.165, 1.54) is 11.9 Å². The van der Waals surface area contributed by atoms with Gasteiger partial charge in [-0.25, -0.2) is 16.8 Å². The topological polar surface area (TPSA) is 91.8 Å². The molecule has 1 heterocycles. The second-order valence-electron chi connectivity index (χ2n) is 6.12. The predicted octanol–water partition coefficient (Wildman–Crippen LogP) is 0.407. The summed E-state index contributed by atoms with van der Waals surface area (Å²) in [5, 5.41) is 0. The SMILES string of the molecule is Cc1ccccc1N(CC(=O)N(C)C1CCS(=O)(=O)C1)S(C)(=O)=O. The van der Waals surface area contributed by atoms with Crippen LogP contribution in [0.1, 0.15) is 12.0 Å². The Morgan fingerprint density at radius 2 is 1.92 bits per heavy atom. The van der Waals surface area contributed by atoms with Crippen molar-refractivity contribution in [3.63, 3.8) is 0 Å². The molecule has 0 aliphatic carbocycles. The number of carbonyl (C=O) groups excluding carboxylic acids is 1. The van der Waals surface area contributed by atoms with Gasteiger partial charge in [0.1, 0.15) is 6.54 Å². The number of likely N-dealkylation sites (N-methyl/N-ethyl adjacent to an activating group) is 1. The Balaban J connectivity index is 2.22. The number of sulfone groups is 1. The monoisotopic (exact) mass is 374 g/mol. The first-order valence-corrected chi connectivity index (χ1v) is 11.2. The van der Waals surface area contributed by atoms with E-state index < -0.39 is 31.8 Å². The van der Waals surface area contributed by atoms with Gasteiger partial charge in [-0.1, -0.05) is 18.2 Å². The molecule has 7 nitrogen and oxygen atoms in total. The number of rotatable bonds is 5. The standard InChI is InChI=1S/C15H22N2O5S2/c1-12-6-4-5-7-14(12)17(23(3,19)20)10-15(18)16(2)13-8-9-24(21,22)11-13/h4-7,13H,8-11H2,1-3H3. The summed E-state index contributed by atoms with van der Waals surface area (Å²) >= 11 is 0. The van der Waals surface area contributed by atoms with Crippen LogP contribution in [-0.2, 0) is 24.7 Å². The summed E-state index contributed by atoms with van der Waals surface area (Å²) in [5.41, 5.74) is 1.18. The highest BCUT2D eigenvalue weighted by Gasteiger charge is 2.34. The van der Waals surface area contributed by atoms with Crippen molar-refractivity contribution in [3.05, 3.63) is 29.8 Å². The van der Waals surface area contributed by atoms with Crippen molar-refractivity contribution < 1.29 is 21.6 Å². The fraction of sp³-hybridized carbons (Fsp3) is 0.533. The molecule has 0 spiro atoms. The van der Waals surface area contributed by atoms with Gasteiger partial charge in [-0.2, -0.15) is 0 Å². The lowest BCUT2D eigenvalue weighted by molar-refractivity contribution is -0.129. The molecule has 1 saturated heterocycles. The highest BCUT2D eigenvalue weighted by molar-refractivity contribution is 7.92. The number of anilines is 1. The van der Waals surface area contributed by atoms with Crippen LogP contribution in [-0.4, -0.2) is 65.0 Å². The van der Waals surface area contributed by atoms with Crippen molar-refractivity contribution >= 4 is 31.5 Å². The lowest BCUT2D eigenvalue weighted by Gasteiger charge is -2.28.